The number of benzene rings is 3. The topological polar surface area (TPSA) is 144 Å². The number of nitrogens with two attached hydrogens (primary N) is 1. The number of carbonyl (C=O) groups is 1. The van der Waals surface area contributed by atoms with Crippen LogP contribution in [0.25, 0.3) is 22.0 Å². The van der Waals surface area contributed by atoms with Crippen LogP contribution in [-0.4, -0.2) is 30.8 Å². The zero-order chi connectivity index (χ0) is 26.6. The first-order valence-corrected chi connectivity index (χ1v) is 13.1. The van der Waals surface area contributed by atoms with Gasteiger partial charge in [-0.15, -0.1) is 10.2 Å². The summed E-state index contributed by atoms with van der Waals surface area (Å²) in [5, 5.41) is 9.00. The van der Waals surface area contributed by atoms with Gasteiger partial charge in [-0.25, -0.2) is 0 Å². The summed E-state index contributed by atoms with van der Waals surface area (Å²) in [6.07, 6.45) is 4.09. The van der Waals surface area contributed by atoms with Crippen LogP contribution in [-0.2, 0) is 10.1 Å². The van der Waals surface area contributed by atoms with E-state index in [-0.39, 0.29) is 52.6 Å². The fourth-order valence-corrected chi connectivity index (χ4v) is 4.64. The molecule has 4 aromatic rings. The van der Waals surface area contributed by atoms with E-state index in [4.69, 9.17) is 10.5 Å². The van der Waals surface area contributed by atoms with Crippen LogP contribution >= 0.6 is 0 Å². The van der Waals surface area contributed by atoms with E-state index < -0.39 is 10.1 Å². The standard InChI is InChI=1S/C27H26N4O5S.Na.H/c1-3-4-11-36-27-18(16-32)12-17(2)13-22(27)23-10-9-19(15-29-23)30-31-24-14-25(37(33,34)35)20-7-5-6-8-21(20)26(24)28;;/h5-10,12-16H,3-4,11,28H2,1-2H3,(H,33,34,35);;/q;+1;-1. The number of unbranched alkanes of at least 4 members (excludes halogenated alkanes) is 1. The molecule has 0 bridgehead atoms. The largest absolute Gasteiger partial charge is 1.00 e. The van der Waals surface area contributed by atoms with E-state index in [1.54, 1.807) is 42.5 Å². The van der Waals surface area contributed by atoms with Gasteiger partial charge in [0.1, 0.15) is 22.0 Å². The SMILES string of the molecule is CCCCOc1c(C=O)cc(C)cc1-c1ccc(N=Nc2cc(S(=O)(=O)O)c3ccccc3c2N)cn1.[H-].[Na+]. The average molecular weight is 543 g/mol. The van der Waals surface area contributed by atoms with E-state index in [9.17, 15) is 17.8 Å². The monoisotopic (exact) mass is 542 g/mol. The van der Waals surface area contributed by atoms with Gasteiger partial charge in [-0.2, -0.15) is 8.42 Å². The summed E-state index contributed by atoms with van der Waals surface area (Å²) < 4.78 is 39.5. The number of aromatic nitrogens is 1. The summed E-state index contributed by atoms with van der Waals surface area (Å²) in [4.78, 5) is 15.8. The van der Waals surface area contributed by atoms with E-state index in [1.807, 2.05) is 13.0 Å². The molecule has 0 saturated heterocycles. The molecule has 3 aromatic carbocycles. The molecule has 1 aromatic heterocycles. The fourth-order valence-electron chi connectivity index (χ4n) is 3.92. The Labute approximate surface area is 244 Å². The van der Waals surface area contributed by atoms with Crippen LogP contribution in [0.5, 0.6) is 5.75 Å². The van der Waals surface area contributed by atoms with Gasteiger partial charge < -0.3 is 11.9 Å². The number of fused-ring (bicyclic) bond motifs is 1. The molecule has 3 N–H and O–H groups in total. The van der Waals surface area contributed by atoms with Crippen molar-refractivity contribution in [1.29, 1.82) is 0 Å². The predicted molar refractivity (Wildman–Crippen MR) is 144 cm³/mol. The van der Waals surface area contributed by atoms with E-state index in [2.05, 4.69) is 22.1 Å². The third kappa shape index (κ3) is 6.46. The zero-order valence-corrected chi connectivity index (χ0v) is 24.2. The molecular formula is C27H27N4NaO5S. The Morgan fingerprint density at radius 3 is 2.47 bits per heavy atom. The maximum absolute atomic E-state index is 11.9. The first-order valence-electron chi connectivity index (χ1n) is 11.6. The number of hydrogen-bond acceptors (Lipinski definition) is 8. The van der Waals surface area contributed by atoms with E-state index in [1.165, 1.54) is 12.3 Å². The normalized spacial score (nSPS) is 11.4. The number of aldehydes is 1. The molecule has 11 heteroatoms. The molecule has 0 spiro atoms. The number of rotatable bonds is 9. The van der Waals surface area contributed by atoms with E-state index >= 15 is 0 Å². The average Bonchev–Trinajstić information content (AvgIpc) is 2.88. The van der Waals surface area contributed by atoms with Crippen LogP contribution in [0.4, 0.5) is 17.1 Å². The van der Waals surface area contributed by atoms with Crippen molar-refractivity contribution in [3.8, 4) is 17.0 Å². The number of aryl methyl sites for hydroxylation is 1. The van der Waals surface area contributed by atoms with Crippen molar-refractivity contribution in [2.24, 2.45) is 10.2 Å². The summed E-state index contributed by atoms with van der Waals surface area (Å²) in [6, 6.07) is 14.8. The summed E-state index contributed by atoms with van der Waals surface area (Å²) in [6.45, 7) is 4.44. The van der Waals surface area contributed by atoms with Crippen molar-refractivity contribution in [3.63, 3.8) is 0 Å². The number of ether oxygens (including phenoxy) is 1. The maximum Gasteiger partial charge on any atom is 1.00 e. The van der Waals surface area contributed by atoms with Gasteiger partial charge in [0, 0.05) is 16.3 Å². The van der Waals surface area contributed by atoms with Gasteiger partial charge in [0.2, 0.25) is 0 Å². The second kappa shape index (κ2) is 12.6. The van der Waals surface area contributed by atoms with Crippen molar-refractivity contribution < 1.29 is 53.5 Å². The molecule has 0 atom stereocenters. The third-order valence-electron chi connectivity index (χ3n) is 5.73. The molecule has 9 nitrogen and oxygen atoms in total. The van der Waals surface area contributed by atoms with Crippen molar-refractivity contribution in [1.82, 2.24) is 4.98 Å². The van der Waals surface area contributed by atoms with E-state index in [0.717, 1.165) is 24.7 Å². The van der Waals surface area contributed by atoms with Gasteiger partial charge in [0.05, 0.1) is 29.7 Å². The molecule has 0 fully saturated rings. The Kier molecular flexibility index (Phi) is 9.75. The van der Waals surface area contributed by atoms with Gasteiger partial charge in [-0.3, -0.25) is 14.3 Å². The van der Waals surface area contributed by atoms with Crippen molar-refractivity contribution in [2.75, 3.05) is 12.3 Å². The molecular weight excluding hydrogens is 515 g/mol. The smallest absolute Gasteiger partial charge is 1.00 e. The maximum atomic E-state index is 11.9. The van der Waals surface area contributed by atoms with Crippen molar-refractivity contribution in [3.05, 3.63) is 71.9 Å². The third-order valence-corrected chi connectivity index (χ3v) is 6.63. The zero-order valence-electron chi connectivity index (χ0n) is 22.4. The van der Waals surface area contributed by atoms with Crippen LogP contribution in [0.1, 0.15) is 37.1 Å². The van der Waals surface area contributed by atoms with Crippen molar-refractivity contribution >= 4 is 44.2 Å². The second-order valence-electron chi connectivity index (χ2n) is 8.48. The first kappa shape index (κ1) is 29.4. The summed E-state index contributed by atoms with van der Waals surface area (Å²) in [5.41, 5.74) is 9.57. The Bertz CT molecular complexity index is 1610. The Morgan fingerprint density at radius 2 is 1.84 bits per heavy atom. The molecule has 0 radical (unpaired) electrons. The summed E-state index contributed by atoms with van der Waals surface area (Å²) in [7, 11) is -4.52. The number of carbonyl (C=O) groups excluding carboxylic acids is 1. The molecule has 0 amide bonds. The van der Waals surface area contributed by atoms with Gasteiger partial charge in [0.25, 0.3) is 10.1 Å². The van der Waals surface area contributed by atoms with Gasteiger partial charge in [-0.1, -0.05) is 37.6 Å². The first-order chi connectivity index (χ1) is 17.7. The van der Waals surface area contributed by atoms with Crippen LogP contribution in [0.15, 0.2) is 75.9 Å². The van der Waals surface area contributed by atoms with Crippen molar-refractivity contribution in [2.45, 2.75) is 31.6 Å². The van der Waals surface area contributed by atoms with Crippen LogP contribution in [0.2, 0.25) is 0 Å². The molecule has 4 rings (SSSR count). The Hall–Kier alpha value is -3.15. The number of azo groups is 1. The predicted octanol–water partition coefficient (Wildman–Crippen LogP) is 3.56. The number of nitrogens with zero attached hydrogens (tertiary/aromatic N) is 3. The van der Waals surface area contributed by atoms with E-state index in [0.29, 0.717) is 40.3 Å². The number of nitrogen functional groups attached to an aromatic ring is 1. The summed E-state index contributed by atoms with van der Waals surface area (Å²) >= 11 is 0. The molecule has 38 heavy (non-hydrogen) atoms. The van der Waals surface area contributed by atoms with Crippen LogP contribution in [0.3, 0.4) is 0 Å². The number of anilines is 1. The minimum Gasteiger partial charge on any atom is -1.00 e. The number of pyridine rings is 1. The Morgan fingerprint density at radius 1 is 1.11 bits per heavy atom. The van der Waals surface area contributed by atoms with Gasteiger partial charge >= 0.3 is 29.6 Å². The minimum atomic E-state index is -4.52. The molecule has 0 unspecified atom stereocenters. The molecule has 0 saturated carbocycles. The second-order valence-corrected chi connectivity index (χ2v) is 9.87. The summed E-state index contributed by atoms with van der Waals surface area (Å²) in [5.74, 6) is 0.484. The van der Waals surface area contributed by atoms with Gasteiger partial charge in [-0.05, 0) is 49.2 Å². The van der Waals surface area contributed by atoms with Gasteiger partial charge in [0.15, 0.2) is 6.29 Å². The quantitative estimate of drug-likeness (QED) is 0.0822. The van der Waals surface area contributed by atoms with Crippen LogP contribution < -0.4 is 40.0 Å². The number of hydrogen-bond donors (Lipinski definition) is 2. The molecule has 192 valence electrons. The molecule has 0 aliphatic rings. The Balaban J connectivity index is 0.00000267. The fraction of sp³-hybridized carbons (Fsp3) is 0.185. The molecule has 0 aliphatic carbocycles. The minimum absolute atomic E-state index is 0. The molecule has 1 heterocycles. The molecule has 0 aliphatic heterocycles. The van der Waals surface area contributed by atoms with Crippen LogP contribution in [0, 0.1) is 6.92 Å².